The topological polar surface area (TPSA) is 25.8 Å². The van der Waals surface area contributed by atoms with Crippen molar-refractivity contribution in [2.75, 3.05) is 0 Å². The van der Waals surface area contributed by atoms with Gasteiger partial charge in [0.15, 0.2) is 0 Å². The molecular weight excluding hydrogens is 316 g/mol. The van der Waals surface area contributed by atoms with Crippen molar-refractivity contribution < 1.29 is 0 Å². The number of hydrogen-bond acceptors (Lipinski definition) is 2. The zero-order valence-electron chi connectivity index (χ0n) is 14.8. The quantitative estimate of drug-likeness (QED) is 0.619. The average molecular weight is 338 g/mol. The standard InChI is InChI=1S/C24H22N2/c1-2-4-19(5-3-1)18-23-7-6-20(21-10-14-25-15-11-21)8-9-24(23)22-12-16-26-17-13-22/h1-5,8-17,23H,6-7,18H2. The van der Waals surface area contributed by atoms with E-state index in [4.69, 9.17) is 0 Å². The Morgan fingerprint density at radius 1 is 0.731 bits per heavy atom. The molecule has 26 heavy (non-hydrogen) atoms. The molecule has 2 heteroatoms. The van der Waals surface area contributed by atoms with E-state index in [1.54, 1.807) is 0 Å². The summed E-state index contributed by atoms with van der Waals surface area (Å²) in [4.78, 5) is 8.33. The summed E-state index contributed by atoms with van der Waals surface area (Å²) in [6.07, 6.45) is 15.4. The summed E-state index contributed by atoms with van der Waals surface area (Å²) in [5, 5.41) is 0. The van der Waals surface area contributed by atoms with E-state index in [1.807, 2.05) is 24.8 Å². The third-order valence-corrected chi connectivity index (χ3v) is 5.06. The Bertz CT molecular complexity index is 897. The fraction of sp³-hybridized carbons (Fsp3) is 0.167. The second-order valence-corrected chi connectivity index (χ2v) is 6.71. The molecule has 3 aromatic rings. The van der Waals surface area contributed by atoms with Crippen LogP contribution in [0.2, 0.25) is 0 Å². The highest BCUT2D eigenvalue weighted by Crippen LogP contribution is 2.36. The molecule has 0 N–H and O–H groups in total. The molecule has 0 fully saturated rings. The second-order valence-electron chi connectivity index (χ2n) is 6.71. The SMILES string of the molecule is C1=C(c2ccncc2)CCC(Cc2ccccc2)C(c2ccncc2)=C1. The molecule has 1 atom stereocenters. The van der Waals surface area contributed by atoms with E-state index >= 15 is 0 Å². The van der Waals surface area contributed by atoms with E-state index in [0.29, 0.717) is 5.92 Å². The highest BCUT2D eigenvalue weighted by Gasteiger charge is 2.20. The van der Waals surface area contributed by atoms with Gasteiger partial charge < -0.3 is 0 Å². The number of rotatable bonds is 4. The van der Waals surface area contributed by atoms with Crippen LogP contribution in [0.1, 0.15) is 29.5 Å². The van der Waals surface area contributed by atoms with Crippen molar-refractivity contribution in [3.05, 3.63) is 108 Å². The van der Waals surface area contributed by atoms with Gasteiger partial charge in [-0.2, -0.15) is 0 Å². The van der Waals surface area contributed by atoms with Crippen molar-refractivity contribution in [3.63, 3.8) is 0 Å². The van der Waals surface area contributed by atoms with Crippen LogP contribution in [-0.2, 0) is 6.42 Å². The van der Waals surface area contributed by atoms with Gasteiger partial charge in [-0.15, -0.1) is 0 Å². The summed E-state index contributed by atoms with van der Waals surface area (Å²) in [7, 11) is 0. The molecule has 128 valence electrons. The van der Waals surface area contributed by atoms with Crippen molar-refractivity contribution >= 4 is 11.1 Å². The molecule has 0 saturated heterocycles. The van der Waals surface area contributed by atoms with Gasteiger partial charge in [0.05, 0.1) is 0 Å². The minimum absolute atomic E-state index is 0.496. The van der Waals surface area contributed by atoms with E-state index in [0.717, 1.165) is 19.3 Å². The van der Waals surface area contributed by atoms with Gasteiger partial charge in [0.1, 0.15) is 0 Å². The molecule has 2 nitrogen and oxygen atoms in total. The monoisotopic (exact) mass is 338 g/mol. The highest BCUT2D eigenvalue weighted by molar-refractivity contribution is 5.76. The minimum atomic E-state index is 0.496. The molecule has 0 amide bonds. The number of aromatic nitrogens is 2. The first-order valence-corrected chi connectivity index (χ1v) is 9.15. The second kappa shape index (κ2) is 7.92. The molecule has 2 heterocycles. The average Bonchev–Trinajstić information content (AvgIpc) is 2.93. The van der Waals surface area contributed by atoms with Gasteiger partial charge >= 0.3 is 0 Å². The Labute approximate surface area is 155 Å². The lowest BCUT2D eigenvalue weighted by molar-refractivity contribution is 0.618. The smallest absolute Gasteiger partial charge is 0.0273 e. The normalized spacial score (nSPS) is 17.2. The lowest BCUT2D eigenvalue weighted by Gasteiger charge is -2.20. The molecule has 0 saturated carbocycles. The van der Waals surface area contributed by atoms with Gasteiger partial charge in [-0.1, -0.05) is 42.5 Å². The van der Waals surface area contributed by atoms with Crippen molar-refractivity contribution in [1.82, 2.24) is 9.97 Å². The van der Waals surface area contributed by atoms with Gasteiger partial charge in [0.25, 0.3) is 0 Å². The van der Waals surface area contributed by atoms with Crippen molar-refractivity contribution in [1.29, 1.82) is 0 Å². The van der Waals surface area contributed by atoms with E-state index in [9.17, 15) is 0 Å². The molecule has 1 unspecified atom stereocenters. The van der Waals surface area contributed by atoms with Crippen LogP contribution < -0.4 is 0 Å². The van der Waals surface area contributed by atoms with Gasteiger partial charge in [-0.3, -0.25) is 9.97 Å². The lowest BCUT2D eigenvalue weighted by atomic mass is 9.84. The summed E-state index contributed by atoms with van der Waals surface area (Å²) in [5.41, 5.74) is 6.72. The third-order valence-electron chi connectivity index (χ3n) is 5.06. The molecule has 0 radical (unpaired) electrons. The zero-order valence-corrected chi connectivity index (χ0v) is 14.8. The number of hydrogen-bond donors (Lipinski definition) is 0. The summed E-state index contributed by atoms with van der Waals surface area (Å²) in [6.45, 7) is 0. The molecule has 0 bridgehead atoms. The maximum absolute atomic E-state index is 4.19. The van der Waals surface area contributed by atoms with Crippen molar-refractivity contribution in [2.45, 2.75) is 19.3 Å². The number of pyridine rings is 2. The molecule has 4 rings (SSSR count). The van der Waals surface area contributed by atoms with Crippen LogP contribution in [0, 0.1) is 5.92 Å². The molecular formula is C24H22N2. The molecule has 0 aliphatic heterocycles. The minimum Gasteiger partial charge on any atom is -0.265 e. The van der Waals surface area contributed by atoms with Crippen LogP contribution >= 0.6 is 0 Å². The Hall–Kier alpha value is -3.00. The fourth-order valence-electron chi connectivity index (χ4n) is 3.69. The molecule has 0 spiro atoms. The van der Waals surface area contributed by atoms with Crippen molar-refractivity contribution in [2.24, 2.45) is 5.92 Å². The van der Waals surface area contributed by atoms with Crippen LogP contribution in [0.3, 0.4) is 0 Å². The highest BCUT2D eigenvalue weighted by atomic mass is 14.6. The van der Waals surface area contributed by atoms with Crippen molar-refractivity contribution in [3.8, 4) is 0 Å². The first kappa shape index (κ1) is 16.5. The summed E-state index contributed by atoms with van der Waals surface area (Å²) < 4.78 is 0. The maximum atomic E-state index is 4.19. The predicted molar refractivity (Wildman–Crippen MR) is 107 cm³/mol. The largest absolute Gasteiger partial charge is 0.265 e. The number of nitrogens with zero attached hydrogens (tertiary/aromatic N) is 2. The first-order chi connectivity index (χ1) is 12.9. The molecule has 2 aromatic heterocycles. The van der Waals surface area contributed by atoms with Gasteiger partial charge in [0, 0.05) is 24.8 Å². The van der Waals surface area contributed by atoms with Crippen LogP contribution in [0.5, 0.6) is 0 Å². The van der Waals surface area contributed by atoms with Gasteiger partial charge in [0.2, 0.25) is 0 Å². The van der Waals surface area contributed by atoms with Crippen LogP contribution in [0.4, 0.5) is 0 Å². The van der Waals surface area contributed by atoms with Crippen LogP contribution in [-0.4, -0.2) is 9.97 Å². The van der Waals surface area contributed by atoms with E-state index < -0.39 is 0 Å². The van der Waals surface area contributed by atoms with Crippen LogP contribution in [0.15, 0.2) is 91.5 Å². The Kier molecular flexibility index (Phi) is 5.02. The third kappa shape index (κ3) is 3.80. The van der Waals surface area contributed by atoms with E-state index in [1.165, 1.54) is 27.8 Å². The lowest BCUT2D eigenvalue weighted by Crippen LogP contribution is -2.07. The van der Waals surface area contributed by atoms with Gasteiger partial charge in [-0.05, 0) is 77.3 Å². The van der Waals surface area contributed by atoms with Crippen LogP contribution in [0.25, 0.3) is 11.1 Å². The molecule has 1 aromatic carbocycles. The summed E-state index contributed by atoms with van der Waals surface area (Å²) >= 11 is 0. The Morgan fingerprint density at radius 3 is 2.08 bits per heavy atom. The molecule has 1 aliphatic carbocycles. The van der Waals surface area contributed by atoms with Gasteiger partial charge in [-0.25, -0.2) is 0 Å². The van der Waals surface area contributed by atoms with E-state index in [-0.39, 0.29) is 0 Å². The summed E-state index contributed by atoms with van der Waals surface area (Å²) in [6, 6.07) is 19.2. The zero-order chi connectivity index (χ0) is 17.6. The first-order valence-electron chi connectivity index (χ1n) is 9.15. The van der Waals surface area contributed by atoms with E-state index in [2.05, 4.69) is 76.7 Å². The summed E-state index contributed by atoms with van der Waals surface area (Å²) in [5.74, 6) is 0.496. The Balaban J connectivity index is 1.68. The molecule has 1 aliphatic rings. The Morgan fingerprint density at radius 2 is 1.38 bits per heavy atom. The fourth-order valence-corrected chi connectivity index (χ4v) is 3.69. The number of benzene rings is 1. The predicted octanol–water partition coefficient (Wildman–Crippen LogP) is 5.60. The number of allylic oxidation sites excluding steroid dienone is 4. The maximum Gasteiger partial charge on any atom is 0.0273 e.